The molecule has 1 atom stereocenters. The largest absolute Gasteiger partial charge is 0.0955 e. The van der Waals surface area contributed by atoms with Gasteiger partial charge in [0.2, 0.25) is 0 Å². The van der Waals surface area contributed by atoms with Crippen LogP contribution in [-0.2, 0) is 6.42 Å². The fourth-order valence-corrected chi connectivity index (χ4v) is 1.98. The molecule has 16 heavy (non-hydrogen) atoms. The average molecular weight is 216 g/mol. The molecule has 0 bridgehead atoms. The van der Waals surface area contributed by atoms with Crippen molar-refractivity contribution < 1.29 is 0 Å². The normalized spacial score (nSPS) is 12.5. The summed E-state index contributed by atoms with van der Waals surface area (Å²) in [4.78, 5) is 0. The lowest BCUT2D eigenvalue weighted by Gasteiger charge is -2.11. The first-order valence-corrected chi connectivity index (χ1v) is 6.30. The maximum Gasteiger partial charge on any atom is -0.0204 e. The minimum absolute atomic E-state index is 0.834. The van der Waals surface area contributed by atoms with Gasteiger partial charge in [-0.15, -0.1) is 0 Å². The van der Waals surface area contributed by atoms with Gasteiger partial charge in [0.15, 0.2) is 0 Å². The van der Waals surface area contributed by atoms with Gasteiger partial charge in [-0.05, 0) is 49.3 Å². The van der Waals surface area contributed by atoms with Crippen LogP contribution in [0.25, 0.3) is 5.57 Å². The van der Waals surface area contributed by atoms with Crippen molar-refractivity contribution >= 4 is 5.57 Å². The molecule has 88 valence electrons. The van der Waals surface area contributed by atoms with E-state index in [0.29, 0.717) is 0 Å². The smallest absolute Gasteiger partial charge is 0.0204 e. The summed E-state index contributed by atoms with van der Waals surface area (Å²) in [6.07, 6.45) is 3.78. The topological polar surface area (TPSA) is 0 Å². The standard InChI is InChI=1S/C16H24/c1-6-13(4)7-8-15-9-10-16(12(2)3)14(5)11-15/h9-11,13H,2,6-8H2,1,3-5H3. The molecule has 0 amide bonds. The van der Waals surface area contributed by atoms with Gasteiger partial charge in [-0.2, -0.15) is 0 Å². The second kappa shape index (κ2) is 5.89. The molecular formula is C16H24. The Morgan fingerprint density at radius 1 is 1.38 bits per heavy atom. The molecule has 0 aliphatic carbocycles. The fraction of sp³-hybridized carbons (Fsp3) is 0.500. The predicted octanol–water partition coefficient (Wildman–Crippen LogP) is 5.01. The highest BCUT2D eigenvalue weighted by molar-refractivity contribution is 5.64. The van der Waals surface area contributed by atoms with Gasteiger partial charge in [-0.1, -0.05) is 50.6 Å². The zero-order valence-corrected chi connectivity index (χ0v) is 11.1. The predicted molar refractivity (Wildman–Crippen MR) is 73.7 cm³/mol. The van der Waals surface area contributed by atoms with Crippen molar-refractivity contribution in [3.8, 4) is 0 Å². The van der Waals surface area contributed by atoms with Crippen molar-refractivity contribution in [1.82, 2.24) is 0 Å². The Morgan fingerprint density at radius 2 is 2.06 bits per heavy atom. The van der Waals surface area contributed by atoms with Gasteiger partial charge >= 0.3 is 0 Å². The molecule has 1 aromatic rings. The fourth-order valence-electron chi connectivity index (χ4n) is 1.98. The average Bonchev–Trinajstić information content (AvgIpc) is 2.25. The summed E-state index contributed by atoms with van der Waals surface area (Å²) in [6.45, 7) is 12.8. The van der Waals surface area contributed by atoms with E-state index >= 15 is 0 Å². The maximum atomic E-state index is 4.00. The molecule has 0 fully saturated rings. The third-order valence-electron chi connectivity index (χ3n) is 3.37. The summed E-state index contributed by atoms with van der Waals surface area (Å²) in [6, 6.07) is 6.77. The van der Waals surface area contributed by atoms with E-state index < -0.39 is 0 Å². The second-order valence-electron chi connectivity index (χ2n) is 4.98. The van der Waals surface area contributed by atoms with Gasteiger partial charge in [0.05, 0.1) is 0 Å². The maximum absolute atomic E-state index is 4.00. The van der Waals surface area contributed by atoms with Crippen LogP contribution < -0.4 is 0 Å². The monoisotopic (exact) mass is 216 g/mol. The Morgan fingerprint density at radius 3 is 2.56 bits per heavy atom. The second-order valence-corrected chi connectivity index (χ2v) is 4.98. The third-order valence-corrected chi connectivity index (χ3v) is 3.37. The molecule has 1 aromatic carbocycles. The third kappa shape index (κ3) is 3.52. The minimum atomic E-state index is 0.834. The summed E-state index contributed by atoms with van der Waals surface area (Å²) >= 11 is 0. The quantitative estimate of drug-likeness (QED) is 0.649. The molecule has 0 spiro atoms. The molecule has 0 N–H and O–H groups in total. The van der Waals surface area contributed by atoms with Gasteiger partial charge in [0.1, 0.15) is 0 Å². The lowest BCUT2D eigenvalue weighted by Crippen LogP contribution is -1.96. The zero-order chi connectivity index (χ0) is 12.1. The van der Waals surface area contributed by atoms with Crippen LogP contribution >= 0.6 is 0 Å². The molecule has 0 saturated heterocycles. The van der Waals surface area contributed by atoms with Crippen molar-refractivity contribution in [3.63, 3.8) is 0 Å². The highest BCUT2D eigenvalue weighted by atomic mass is 14.1. The number of allylic oxidation sites excluding steroid dienone is 1. The lowest BCUT2D eigenvalue weighted by molar-refractivity contribution is 0.516. The van der Waals surface area contributed by atoms with Crippen LogP contribution in [0.1, 0.15) is 50.3 Å². The Hall–Kier alpha value is -1.04. The van der Waals surface area contributed by atoms with Gasteiger partial charge in [-0.3, -0.25) is 0 Å². The van der Waals surface area contributed by atoms with Gasteiger partial charge in [0, 0.05) is 0 Å². The molecule has 0 aromatic heterocycles. The van der Waals surface area contributed by atoms with E-state index in [1.165, 1.54) is 36.0 Å². The van der Waals surface area contributed by atoms with Gasteiger partial charge < -0.3 is 0 Å². The minimum Gasteiger partial charge on any atom is -0.0955 e. The van der Waals surface area contributed by atoms with Crippen molar-refractivity contribution in [1.29, 1.82) is 0 Å². The molecule has 0 heteroatoms. The Kier molecular flexibility index (Phi) is 4.79. The molecule has 0 saturated carbocycles. The van der Waals surface area contributed by atoms with Crippen LogP contribution in [0.15, 0.2) is 24.8 Å². The van der Waals surface area contributed by atoms with E-state index in [1.54, 1.807) is 0 Å². The first-order valence-electron chi connectivity index (χ1n) is 6.30. The molecule has 0 aliphatic heterocycles. The van der Waals surface area contributed by atoms with E-state index in [0.717, 1.165) is 11.5 Å². The zero-order valence-electron chi connectivity index (χ0n) is 11.1. The molecule has 0 heterocycles. The first kappa shape index (κ1) is 13.0. The van der Waals surface area contributed by atoms with Crippen LogP contribution in [0.4, 0.5) is 0 Å². The molecule has 0 nitrogen and oxygen atoms in total. The Balaban J connectivity index is 2.70. The summed E-state index contributed by atoms with van der Waals surface area (Å²) < 4.78 is 0. The van der Waals surface area contributed by atoms with Crippen molar-refractivity contribution in [2.75, 3.05) is 0 Å². The number of rotatable bonds is 5. The van der Waals surface area contributed by atoms with E-state index in [1.807, 2.05) is 0 Å². The van der Waals surface area contributed by atoms with Crippen LogP contribution in [0.2, 0.25) is 0 Å². The van der Waals surface area contributed by atoms with Crippen LogP contribution in [0.3, 0.4) is 0 Å². The van der Waals surface area contributed by atoms with E-state index in [9.17, 15) is 0 Å². The molecule has 1 unspecified atom stereocenters. The highest BCUT2D eigenvalue weighted by Crippen LogP contribution is 2.20. The molecule has 0 radical (unpaired) electrons. The van der Waals surface area contributed by atoms with Gasteiger partial charge in [-0.25, -0.2) is 0 Å². The van der Waals surface area contributed by atoms with Crippen molar-refractivity contribution in [2.24, 2.45) is 5.92 Å². The summed E-state index contributed by atoms with van der Waals surface area (Å²) in [5.41, 5.74) is 5.27. The SMILES string of the molecule is C=C(C)c1ccc(CCC(C)CC)cc1C. The summed E-state index contributed by atoms with van der Waals surface area (Å²) in [5.74, 6) is 0.834. The first-order chi connectivity index (χ1) is 7.54. The Labute approximate surface area is 100 Å². The molecule has 1 rings (SSSR count). The van der Waals surface area contributed by atoms with Crippen LogP contribution in [0.5, 0.6) is 0 Å². The number of hydrogen-bond donors (Lipinski definition) is 0. The molecule has 0 aliphatic rings. The lowest BCUT2D eigenvalue weighted by atomic mass is 9.95. The summed E-state index contributed by atoms with van der Waals surface area (Å²) in [5, 5.41) is 0. The van der Waals surface area contributed by atoms with Gasteiger partial charge in [0.25, 0.3) is 0 Å². The van der Waals surface area contributed by atoms with E-state index in [2.05, 4.69) is 52.5 Å². The highest BCUT2D eigenvalue weighted by Gasteiger charge is 2.03. The number of hydrogen-bond acceptors (Lipinski definition) is 0. The van der Waals surface area contributed by atoms with E-state index in [4.69, 9.17) is 0 Å². The summed E-state index contributed by atoms with van der Waals surface area (Å²) in [7, 11) is 0. The number of aryl methyl sites for hydroxylation is 2. The van der Waals surface area contributed by atoms with Crippen molar-refractivity contribution in [2.45, 2.75) is 47.0 Å². The molecular weight excluding hydrogens is 192 g/mol. The number of benzene rings is 1. The van der Waals surface area contributed by atoms with E-state index in [-0.39, 0.29) is 0 Å². The van der Waals surface area contributed by atoms with Crippen LogP contribution in [0, 0.1) is 12.8 Å². The van der Waals surface area contributed by atoms with Crippen LogP contribution in [-0.4, -0.2) is 0 Å². The Bertz CT molecular complexity index is 360. The van der Waals surface area contributed by atoms with Crippen molar-refractivity contribution in [3.05, 3.63) is 41.5 Å².